The van der Waals surface area contributed by atoms with Crippen LogP contribution in [-0.4, -0.2) is 25.1 Å². The summed E-state index contributed by atoms with van der Waals surface area (Å²) in [5.74, 6) is 0.936. The molecule has 14 heavy (non-hydrogen) atoms. The van der Waals surface area contributed by atoms with Gasteiger partial charge in [-0.2, -0.15) is 5.10 Å². The number of aromatic nitrogens is 4. The summed E-state index contributed by atoms with van der Waals surface area (Å²) in [6.45, 7) is 0.761. The predicted octanol–water partition coefficient (Wildman–Crippen LogP) is 0.236. The molecule has 0 N–H and O–H groups in total. The SMILES string of the molecule is Cn1ncc2c(=O)n3c(nc21)SCC3. The monoisotopic (exact) mass is 208 g/mol. The van der Waals surface area contributed by atoms with E-state index in [0.29, 0.717) is 11.0 Å². The van der Waals surface area contributed by atoms with Crippen molar-refractivity contribution in [1.82, 2.24) is 19.3 Å². The molecule has 0 radical (unpaired) electrons. The minimum atomic E-state index is 0.0306. The van der Waals surface area contributed by atoms with E-state index >= 15 is 0 Å². The Labute approximate surface area is 83.7 Å². The van der Waals surface area contributed by atoms with E-state index in [1.807, 2.05) is 0 Å². The van der Waals surface area contributed by atoms with Crippen LogP contribution in [-0.2, 0) is 13.6 Å². The zero-order valence-corrected chi connectivity index (χ0v) is 8.41. The molecule has 5 nitrogen and oxygen atoms in total. The molecule has 2 aromatic rings. The Bertz CT molecular complexity index is 570. The number of rotatable bonds is 0. The van der Waals surface area contributed by atoms with Crippen molar-refractivity contribution in [1.29, 1.82) is 0 Å². The maximum atomic E-state index is 11.9. The third kappa shape index (κ3) is 0.886. The smallest absolute Gasteiger partial charge is 0.265 e. The Morgan fingerprint density at radius 2 is 2.43 bits per heavy atom. The van der Waals surface area contributed by atoms with Crippen molar-refractivity contribution in [2.75, 3.05) is 5.75 Å². The van der Waals surface area contributed by atoms with Crippen molar-refractivity contribution in [2.24, 2.45) is 7.05 Å². The van der Waals surface area contributed by atoms with Gasteiger partial charge >= 0.3 is 0 Å². The molecule has 0 saturated heterocycles. The maximum absolute atomic E-state index is 11.9. The summed E-state index contributed by atoms with van der Waals surface area (Å²) in [4.78, 5) is 16.3. The fourth-order valence-corrected chi connectivity index (χ4v) is 2.57. The second-order valence-electron chi connectivity index (χ2n) is 3.21. The zero-order valence-electron chi connectivity index (χ0n) is 7.60. The fraction of sp³-hybridized carbons (Fsp3) is 0.375. The van der Waals surface area contributed by atoms with Crippen LogP contribution >= 0.6 is 11.8 Å². The van der Waals surface area contributed by atoms with Crippen LogP contribution in [0.1, 0.15) is 0 Å². The highest BCUT2D eigenvalue weighted by molar-refractivity contribution is 7.99. The van der Waals surface area contributed by atoms with Crippen LogP contribution in [0.3, 0.4) is 0 Å². The molecular formula is C8H8N4OS. The number of thioether (sulfide) groups is 1. The predicted molar refractivity (Wildman–Crippen MR) is 53.5 cm³/mol. The van der Waals surface area contributed by atoms with Gasteiger partial charge in [0.05, 0.1) is 6.20 Å². The van der Waals surface area contributed by atoms with Crippen molar-refractivity contribution in [3.05, 3.63) is 16.6 Å². The van der Waals surface area contributed by atoms with Crippen LogP contribution in [0.4, 0.5) is 0 Å². The van der Waals surface area contributed by atoms with E-state index in [-0.39, 0.29) is 5.56 Å². The largest absolute Gasteiger partial charge is 0.286 e. The lowest BCUT2D eigenvalue weighted by Crippen LogP contribution is -2.20. The summed E-state index contributed by atoms with van der Waals surface area (Å²) in [5.41, 5.74) is 0.707. The highest BCUT2D eigenvalue weighted by Gasteiger charge is 2.18. The van der Waals surface area contributed by atoms with Gasteiger partial charge in [-0.05, 0) is 0 Å². The van der Waals surface area contributed by atoms with Gasteiger partial charge in [-0.3, -0.25) is 14.0 Å². The number of hydrogen-bond acceptors (Lipinski definition) is 4. The van der Waals surface area contributed by atoms with Gasteiger partial charge in [0.2, 0.25) is 0 Å². The fourth-order valence-electron chi connectivity index (χ4n) is 1.63. The molecule has 0 atom stereocenters. The van der Waals surface area contributed by atoms with Gasteiger partial charge in [0.25, 0.3) is 5.56 Å². The Morgan fingerprint density at radius 1 is 1.57 bits per heavy atom. The van der Waals surface area contributed by atoms with Crippen LogP contribution in [0, 0.1) is 0 Å². The lowest BCUT2D eigenvalue weighted by Gasteiger charge is -2.00. The van der Waals surface area contributed by atoms with Crippen LogP contribution in [0.25, 0.3) is 11.0 Å². The molecule has 0 fully saturated rings. The third-order valence-electron chi connectivity index (χ3n) is 2.36. The minimum Gasteiger partial charge on any atom is -0.286 e. The molecule has 3 rings (SSSR count). The molecule has 0 saturated carbocycles. The Hall–Kier alpha value is -1.30. The normalized spacial score (nSPS) is 14.9. The van der Waals surface area contributed by atoms with Crippen LogP contribution in [0.2, 0.25) is 0 Å². The van der Waals surface area contributed by atoms with E-state index in [9.17, 15) is 4.79 Å². The molecule has 2 aromatic heterocycles. The topological polar surface area (TPSA) is 52.7 Å². The third-order valence-corrected chi connectivity index (χ3v) is 3.32. The molecule has 0 spiro atoms. The molecule has 0 aromatic carbocycles. The van der Waals surface area contributed by atoms with Gasteiger partial charge in [-0.25, -0.2) is 4.98 Å². The first-order valence-corrected chi connectivity index (χ1v) is 5.31. The molecule has 0 bridgehead atoms. The van der Waals surface area contributed by atoms with Crippen molar-refractivity contribution >= 4 is 22.8 Å². The summed E-state index contributed by atoms with van der Waals surface area (Å²) in [6.07, 6.45) is 1.58. The Morgan fingerprint density at radius 3 is 3.29 bits per heavy atom. The lowest BCUT2D eigenvalue weighted by atomic mass is 10.4. The lowest BCUT2D eigenvalue weighted by molar-refractivity contribution is 0.662. The van der Waals surface area contributed by atoms with E-state index in [2.05, 4.69) is 10.1 Å². The number of hydrogen-bond donors (Lipinski definition) is 0. The first-order chi connectivity index (χ1) is 6.77. The summed E-state index contributed by atoms with van der Waals surface area (Å²) < 4.78 is 3.35. The van der Waals surface area contributed by atoms with Gasteiger partial charge in [-0.15, -0.1) is 0 Å². The summed E-state index contributed by atoms with van der Waals surface area (Å²) in [7, 11) is 1.80. The maximum Gasteiger partial charge on any atom is 0.265 e. The minimum absolute atomic E-state index is 0.0306. The average molecular weight is 208 g/mol. The van der Waals surface area contributed by atoms with Crippen molar-refractivity contribution in [3.8, 4) is 0 Å². The molecular weight excluding hydrogens is 200 g/mol. The molecule has 72 valence electrons. The van der Waals surface area contributed by atoms with E-state index in [1.165, 1.54) is 0 Å². The first kappa shape index (κ1) is 8.05. The van der Waals surface area contributed by atoms with E-state index in [4.69, 9.17) is 0 Å². The Balaban J connectivity index is 2.52. The van der Waals surface area contributed by atoms with Crippen LogP contribution in [0.15, 0.2) is 16.1 Å². The first-order valence-electron chi connectivity index (χ1n) is 4.33. The van der Waals surface area contributed by atoms with E-state index in [0.717, 1.165) is 17.5 Å². The van der Waals surface area contributed by atoms with Crippen molar-refractivity contribution in [3.63, 3.8) is 0 Å². The number of nitrogens with zero attached hydrogens (tertiary/aromatic N) is 4. The standard InChI is InChI=1S/C8H8N4OS/c1-11-6-5(4-9-11)7(13)12-2-3-14-8(12)10-6/h4H,2-3H2,1H3. The molecule has 1 aliphatic rings. The van der Waals surface area contributed by atoms with E-state index < -0.39 is 0 Å². The molecule has 1 aliphatic heterocycles. The van der Waals surface area contributed by atoms with Crippen molar-refractivity contribution in [2.45, 2.75) is 11.7 Å². The highest BCUT2D eigenvalue weighted by Crippen LogP contribution is 2.22. The highest BCUT2D eigenvalue weighted by atomic mass is 32.2. The molecule has 0 unspecified atom stereocenters. The quantitative estimate of drug-likeness (QED) is 0.582. The second kappa shape index (κ2) is 2.60. The van der Waals surface area contributed by atoms with Gasteiger partial charge in [0.1, 0.15) is 5.39 Å². The number of aryl methyl sites for hydroxylation is 1. The summed E-state index contributed by atoms with van der Waals surface area (Å²) in [6, 6.07) is 0. The summed E-state index contributed by atoms with van der Waals surface area (Å²) >= 11 is 1.62. The Kier molecular flexibility index (Phi) is 1.49. The van der Waals surface area contributed by atoms with Crippen LogP contribution < -0.4 is 5.56 Å². The zero-order chi connectivity index (χ0) is 9.71. The molecule has 0 amide bonds. The van der Waals surface area contributed by atoms with Gasteiger partial charge in [0.15, 0.2) is 10.8 Å². The van der Waals surface area contributed by atoms with Gasteiger partial charge in [-0.1, -0.05) is 11.8 Å². The van der Waals surface area contributed by atoms with E-state index in [1.54, 1.807) is 34.3 Å². The summed E-state index contributed by atoms with van der Waals surface area (Å²) in [5, 5.41) is 5.45. The van der Waals surface area contributed by atoms with Crippen LogP contribution in [0.5, 0.6) is 0 Å². The van der Waals surface area contributed by atoms with Crippen molar-refractivity contribution < 1.29 is 0 Å². The molecule has 0 aliphatic carbocycles. The second-order valence-corrected chi connectivity index (χ2v) is 4.27. The molecule has 6 heteroatoms. The average Bonchev–Trinajstić information content (AvgIpc) is 2.75. The van der Waals surface area contributed by atoms with Gasteiger partial charge in [0, 0.05) is 19.3 Å². The number of fused-ring (bicyclic) bond motifs is 2. The van der Waals surface area contributed by atoms with Gasteiger partial charge < -0.3 is 0 Å². The molecule has 3 heterocycles.